The summed E-state index contributed by atoms with van der Waals surface area (Å²) in [5.74, 6) is 0.694. The summed E-state index contributed by atoms with van der Waals surface area (Å²) in [6.45, 7) is -0.480. The van der Waals surface area contributed by atoms with E-state index in [4.69, 9.17) is 0 Å². The molecule has 2 heterocycles. The third-order valence-corrected chi connectivity index (χ3v) is 3.60. The van der Waals surface area contributed by atoms with Gasteiger partial charge >= 0.3 is 0 Å². The van der Waals surface area contributed by atoms with Crippen LogP contribution in [0.15, 0.2) is 53.9 Å². The van der Waals surface area contributed by atoms with E-state index in [1.807, 2.05) is 30.5 Å². The third-order valence-electron chi connectivity index (χ3n) is 3.04. The van der Waals surface area contributed by atoms with E-state index >= 15 is 0 Å². The number of benzene rings is 1. The Balaban J connectivity index is 2.07. The lowest BCUT2D eigenvalue weighted by atomic mass is 10.1. The van der Waals surface area contributed by atoms with Crippen molar-refractivity contribution in [1.29, 1.82) is 0 Å². The van der Waals surface area contributed by atoms with Gasteiger partial charge in [-0.1, -0.05) is 30.0 Å². The van der Waals surface area contributed by atoms with E-state index in [9.17, 15) is 4.39 Å². The van der Waals surface area contributed by atoms with Crippen LogP contribution in [0.5, 0.6) is 0 Å². The zero-order valence-electron chi connectivity index (χ0n) is 11.4. The van der Waals surface area contributed by atoms with E-state index in [2.05, 4.69) is 15.1 Å². The molecule has 3 rings (SSSR count). The van der Waals surface area contributed by atoms with Crippen LogP contribution in [0, 0.1) is 0 Å². The van der Waals surface area contributed by atoms with Crippen molar-refractivity contribution in [2.24, 2.45) is 0 Å². The molecule has 3 aromatic rings. The van der Waals surface area contributed by atoms with Crippen molar-refractivity contribution >= 4 is 11.8 Å². The van der Waals surface area contributed by atoms with Gasteiger partial charge in [-0.05, 0) is 24.0 Å². The molecule has 0 saturated heterocycles. The van der Waals surface area contributed by atoms with E-state index in [1.165, 1.54) is 11.8 Å². The molecule has 0 saturated carbocycles. The van der Waals surface area contributed by atoms with Gasteiger partial charge in [-0.3, -0.25) is 0 Å². The minimum atomic E-state index is -0.480. The van der Waals surface area contributed by atoms with Crippen LogP contribution in [0.4, 0.5) is 4.39 Å². The molecule has 0 radical (unpaired) electrons. The molecule has 0 amide bonds. The van der Waals surface area contributed by atoms with E-state index < -0.39 is 6.67 Å². The van der Waals surface area contributed by atoms with Crippen LogP contribution in [0.2, 0.25) is 0 Å². The molecule has 0 fully saturated rings. The fourth-order valence-electron chi connectivity index (χ4n) is 2.07. The van der Waals surface area contributed by atoms with Gasteiger partial charge in [0, 0.05) is 17.8 Å². The van der Waals surface area contributed by atoms with Crippen LogP contribution in [-0.4, -0.2) is 26.0 Å². The minimum Gasteiger partial charge on any atom is -0.246 e. The molecule has 0 bridgehead atoms. The standard InChI is InChI=1S/C15H13FN4S/c1-21-15-17-7-6-14(19-15)20-13(5-8-18-20)12-4-2-3-11(9-12)10-16/h2-9H,10H2,1H3. The molecule has 0 atom stereocenters. The normalized spacial score (nSPS) is 10.8. The Kier molecular flexibility index (Phi) is 3.96. The molecule has 106 valence electrons. The molecule has 1 aromatic carbocycles. The second-order valence-corrected chi connectivity index (χ2v) is 5.14. The quantitative estimate of drug-likeness (QED) is 0.546. The van der Waals surface area contributed by atoms with E-state index in [-0.39, 0.29) is 0 Å². The Labute approximate surface area is 126 Å². The van der Waals surface area contributed by atoms with Gasteiger partial charge in [0.15, 0.2) is 11.0 Å². The first-order chi connectivity index (χ1) is 10.3. The van der Waals surface area contributed by atoms with Crippen molar-refractivity contribution in [1.82, 2.24) is 19.7 Å². The van der Waals surface area contributed by atoms with Crippen LogP contribution < -0.4 is 0 Å². The molecule has 2 aromatic heterocycles. The van der Waals surface area contributed by atoms with Crippen molar-refractivity contribution in [2.45, 2.75) is 11.8 Å². The number of nitrogens with zero attached hydrogens (tertiary/aromatic N) is 4. The molecule has 6 heteroatoms. The van der Waals surface area contributed by atoms with E-state index in [0.717, 1.165) is 11.3 Å². The maximum absolute atomic E-state index is 12.8. The van der Waals surface area contributed by atoms with Crippen molar-refractivity contribution in [3.8, 4) is 17.1 Å². The second kappa shape index (κ2) is 6.05. The van der Waals surface area contributed by atoms with Crippen LogP contribution in [0.1, 0.15) is 5.56 Å². The molecule has 0 aliphatic heterocycles. The van der Waals surface area contributed by atoms with Gasteiger partial charge in [0.1, 0.15) is 6.67 Å². The number of aromatic nitrogens is 4. The summed E-state index contributed by atoms with van der Waals surface area (Å²) in [5, 5.41) is 5.00. The Morgan fingerprint density at radius 2 is 2.10 bits per heavy atom. The van der Waals surface area contributed by atoms with Gasteiger partial charge in [-0.2, -0.15) is 5.10 Å². The first kappa shape index (κ1) is 13.8. The molecule has 21 heavy (non-hydrogen) atoms. The van der Waals surface area contributed by atoms with Gasteiger partial charge in [-0.25, -0.2) is 19.0 Å². The SMILES string of the molecule is CSc1nccc(-n2nccc2-c2cccc(CF)c2)n1. The largest absolute Gasteiger partial charge is 0.246 e. The van der Waals surface area contributed by atoms with E-state index in [0.29, 0.717) is 16.5 Å². The van der Waals surface area contributed by atoms with Crippen LogP contribution in [0.3, 0.4) is 0 Å². The Hall–Kier alpha value is -2.21. The summed E-state index contributed by atoms with van der Waals surface area (Å²) < 4.78 is 14.6. The highest BCUT2D eigenvalue weighted by molar-refractivity contribution is 7.98. The van der Waals surface area contributed by atoms with Crippen LogP contribution >= 0.6 is 11.8 Å². The maximum Gasteiger partial charge on any atom is 0.189 e. The molecule has 0 N–H and O–H groups in total. The summed E-state index contributed by atoms with van der Waals surface area (Å²) >= 11 is 1.48. The Morgan fingerprint density at radius 1 is 1.19 bits per heavy atom. The van der Waals surface area contributed by atoms with Crippen molar-refractivity contribution in [3.63, 3.8) is 0 Å². The topological polar surface area (TPSA) is 43.6 Å². The zero-order valence-corrected chi connectivity index (χ0v) is 12.2. The molecular weight excluding hydrogens is 287 g/mol. The van der Waals surface area contributed by atoms with Crippen molar-refractivity contribution < 1.29 is 4.39 Å². The molecule has 0 spiro atoms. The molecule has 0 unspecified atom stereocenters. The highest BCUT2D eigenvalue weighted by atomic mass is 32.2. The van der Waals surface area contributed by atoms with Crippen molar-refractivity contribution in [3.05, 3.63) is 54.4 Å². The Bertz CT molecular complexity index is 695. The molecule has 0 aliphatic carbocycles. The molecular formula is C15H13FN4S. The van der Waals surface area contributed by atoms with Gasteiger partial charge in [-0.15, -0.1) is 0 Å². The first-order valence-electron chi connectivity index (χ1n) is 6.38. The summed E-state index contributed by atoms with van der Waals surface area (Å²) in [6, 6.07) is 11.1. The minimum absolute atomic E-state index is 0.480. The zero-order chi connectivity index (χ0) is 14.7. The second-order valence-electron chi connectivity index (χ2n) is 4.36. The maximum atomic E-state index is 12.8. The number of halogens is 1. The summed E-state index contributed by atoms with van der Waals surface area (Å²) in [7, 11) is 0. The smallest absolute Gasteiger partial charge is 0.189 e. The monoisotopic (exact) mass is 300 g/mol. The first-order valence-corrected chi connectivity index (χ1v) is 7.61. The number of hydrogen-bond donors (Lipinski definition) is 0. The number of thioether (sulfide) groups is 1. The summed E-state index contributed by atoms with van der Waals surface area (Å²) in [4.78, 5) is 8.60. The number of rotatable bonds is 4. The highest BCUT2D eigenvalue weighted by Crippen LogP contribution is 2.23. The molecule has 4 nitrogen and oxygen atoms in total. The van der Waals surface area contributed by atoms with Gasteiger partial charge in [0.05, 0.1) is 11.9 Å². The number of alkyl halides is 1. The van der Waals surface area contributed by atoms with Crippen LogP contribution in [0.25, 0.3) is 17.1 Å². The lowest BCUT2D eigenvalue weighted by Gasteiger charge is -2.08. The third kappa shape index (κ3) is 2.80. The van der Waals surface area contributed by atoms with Gasteiger partial charge in [0.25, 0.3) is 0 Å². The average molecular weight is 300 g/mol. The fourth-order valence-corrected chi connectivity index (χ4v) is 2.42. The Morgan fingerprint density at radius 3 is 2.90 bits per heavy atom. The summed E-state index contributed by atoms with van der Waals surface area (Å²) in [6.07, 6.45) is 5.34. The number of hydrogen-bond acceptors (Lipinski definition) is 4. The van der Waals surface area contributed by atoms with Gasteiger partial charge < -0.3 is 0 Å². The van der Waals surface area contributed by atoms with Crippen molar-refractivity contribution in [2.75, 3.05) is 6.26 Å². The lowest BCUT2D eigenvalue weighted by Crippen LogP contribution is -2.03. The fraction of sp³-hybridized carbons (Fsp3) is 0.133. The van der Waals surface area contributed by atoms with Crippen LogP contribution in [-0.2, 0) is 6.67 Å². The van der Waals surface area contributed by atoms with E-state index in [1.54, 1.807) is 29.2 Å². The molecule has 0 aliphatic rings. The lowest BCUT2D eigenvalue weighted by molar-refractivity contribution is 0.485. The van der Waals surface area contributed by atoms with Gasteiger partial charge in [0.2, 0.25) is 0 Å². The predicted molar refractivity (Wildman–Crippen MR) is 81.2 cm³/mol. The average Bonchev–Trinajstić information content (AvgIpc) is 3.04. The highest BCUT2D eigenvalue weighted by Gasteiger charge is 2.10. The predicted octanol–water partition coefficient (Wildman–Crippen LogP) is 3.52. The summed E-state index contributed by atoms with van der Waals surface area (Å²) in [5.41, 5.74) is 2.43.